The molecule has 0 saturated carbocycles. The fourth-order valence-electron chi connectivity index (χ4n) is 2.51. The minimum atomic E-state index is -0.964. The van der Waals surface area contributed by atoms with Gasteiger partial charge in [-0.25, -0.2) is 8.78 Å². The molecule has 1 aliphatic rings. The van der Waals surface area contributed by atoms with Crippen molar-refractivity contribution in [3.05, 3.63) is 35.4 Å². The van der Waals surface area contributed by atoms with Gasteiger partial charge in [0.05, 0.1) is 6.54 Å². The normalized spacial score (nSPS) is 20.3. The molecule has 0 aliphatic carbocycles. The second-order valence-corrected chi connectivity index (χ2v) is 4.73. The van der Waals surface area contributed by atoms with Gasteiger partial charge in [-0.2, -0.15) is 0 Å². The van der Waals surface area contributed by atoms with Crippen LogP contribution in [0, 0.1) is 11.6 Å². The summed E-state index contributed by atoms with van der Waals surface area (Å²) in [5.74, 6) is -2.03. The fraction of sp³-hybridized carbons (Fsp3) is 0.500. The molecular weight excluding hydrogens is 236 g/mol. The van der Waals surface area contributed by atoms with E-state index >= 15 is 0 Å². The predicted molar refractivity (Wildman–Crippen MR) is 65.6 cm³/mol. The Balaban J connectivity index is 2.05. The van der Waals surface area contributed by atoms with Gasteiger partial charge in [-0.1, -0.05) is 6.92 Å². The van der Waals surface area contributed by atoms with Crippen molar-refractivity contribution >= 4 is 5.78 Å². The predicted octanol–water partition coefficient (Wildman–Crippen LogP) is 3.02. The highest BCUT2D eigenvalue weighted by molar-refractivity contribution is 5.97. The first kappa shape index (κ1) is 13.1. The van der Waals surface area contributed by atoms with E-state index < -0.39 is 11.6 Å². The zero-order chi connectivity index (χ0) is 13.1. The number of hydrogen-bond acceptors (Lipinski definition) is 2. The van der Waals surface area contributed by atoms with Crippen LogP contribution in [0.1, 0.15) is 36.5 Å². The third-order valence-electron chi connectivity index (χ3n) is 3.56. The third kappa shape index (κ3) is 2.75. The zero-order valence-corrected chi connectivity index (χ0v) is 10.5. The maximum absolute atomic E-state index is 13.1. The number of ketones is 1. The molecule has 1 aromatic carbocycles. The summed E-state index contributed by atoms with van der Waals surface area (Å²) in [5, 5.41) is 0. The summed E-state index contributed by atoms with van der Waals surface area (Å²) >= 11 is 0. The lowest BCUT2D eigenvalue weighted by atomic mass is 10.1. The molecular formula is C14H17F2NO. The maximum atomic E-state index is 13.1. The van der Waals surface area contributed by atoms with Crippen molar-refractivity contribution in [3.8, 4) is 0 Å². The zero-order valence-electron chi connectivity index (χ0n) is 10.5. The molecule has 0 N–H and O–H groups in total. The van der Waals surface area contributed by atoms with Crippen molar-refractivity contribution in [3.63, 3.8) is 0 Å². The van der Waals surface area contributed by atoms with Crippen LogP contribution in [0.3, 0.4) is 0 Å². The Labute approximate surface area is 106 Å². The Morgan fingerprint density at radius 1 is 1.39 bits per heavy atom. The molecule has 1 aliphatic heterocycles. The van der Waals surface area contributed by atoms with Crippen LogP contribution in [0.5, 0.6) is 0 Å². The quantitative estimate of drug-likeness (QED) is 0.769. The Bertz CT molecular complexity index is 447. The number of rotatable bonds is 4. The number of likely N-dealkylation sites (tertiary alicyclic amines) is 1. The van der Waals surface area contributed by atoms with E-state index in [2.05, 4.69) is 11.8 Å². The molecule has 4 heteroatoms. The van der Waals surface area contributed by atoms with Crippen molar-refractivity contribution in [1.29, 1.82) is 0 Å². The topological polar surface area (TPSA) is 20.3 Å². The average molecular weight is 253 g/mol. The van der Waals surface area contributed by atoms with E-state index in [0.717, 1.165) is 37.9 Å². The lowest BCUT2D eigenvalue weighted by Crippen LogP contribution is -2.33. The van der Waals surface area contributed by atoms with Gasteiger partial charge < -0.3 is 0 Å². The Morgan fingerprint density at radius 2 is 2.17 bits per heavy atom. The standard InChI is InChI=1S/C14H17F2NO/c1-2-11-4-3-7-17(11)9-14(18)10-5-6-12(15)13(16)8-10/h5-6,8,11H,2-4,7,9H2,1H3. The Hall–Kier alpha value is -1.29. The second-order valence-electron chi connectivity index (χ2n) is 4.73. The molecule has 18 heavy (non-hydrogen) atoms. The van der Waals surface area contributed by atoms with Crippen LogP contribution in [-0.2, 0) is 0 Å². The van der Waals surface area contributed by atoms with Gasteiger partial charge in [0, 0.05) is 11.6 Å². The van der Waals surface area contributed by atoms with E-state index in [0.29, 0.717) is 12.6 Å². The van der Waals surface area contributed by atoms with Crippen LogP contribution >= 0.6 is 0 Å². The molecule has 2 rings (SSSR count). The highest BCUT2D eigenvalue weighted by Crippen LogP contribution is 2.20. The van der Waals surface area contributed by atoms with E-state index in [1.54, 1.807) is 0 Å². The van der Waals surface area contributed by atoms with Crippen molar-refractivity contribution in [2.75, 3.05) is 13.1 Å². The van der Waals surface area contributed by atoms with Crippen molar-refractivity contribution in [2.24, 2.45) is 0 Å². The summed E-state index contributed by atoms with van der Waals surface area (Å²) in [6.45, 7) is 3.31. The van der Waals surface area contributed by atoms with Gasteiger partial charge in [-0.15, -0.1) is 0 Å². The van der Waals surface area contributed by atoms with Crippen molar-refractivity contribution < 1.29 is 13.6 Å². The lowest BCUT2D eigenvalue weighted by Gasteiger charge is -2.22. The summed E-state index contributed by atoms with van der Waals surface area (Å²) in [5.41, 5.74) is 0.246. The molecule has 0 spiro atoms. The molecule has 1 aromatic rings. The van der Waals surface area contributed by atoms with Crippen molar-refractivity contribution in [2.45, 2.75) is 32.2 Å². The maximum Gasteiger partial charge on any atom is 0.176 e. The highest BCUT2D eigenvalue weighted by atomic mass is 19.2. The number of hydrogen-bond donors (Lipinski definition) is 0. The molecule has 1 saturated heterocycles. The van der Waals surface area contributed by atoms with Crippen LogP contribution in [0.2, 0.25) is 0 Å². The highest BCUT2D eigenvalue weighted by Gasteiger charge is 2.25. The van der Waals surface area contributed by atoms with E-state index in [1.807, 2.05) is 0 Å². The lowest BCUT2D eigenvalue weighted by molar-refractivity contribution is 0.0919. The van der Waals surface area contributed by atoms with Gasteiger partial charge in [-0.3, -0.25) is 9.69 Å². The van der Waals surface area contributed by atoms with Gasteiger partial charge in [-0.05, 0) is 44.0 Å². The van der Waals surface area contributed by atoms with Crippen LogP contribution in [-0.4, -0.2) is 29.8 Å². The van der Waals surface area contributed by atoms with Gasteiger partial charge in [0.15, 0.2) is 17.4 Å². The molecule has 0 bridgehead atoms. The second kappa shape index (κ2) is 5.57. The number of nitrogens with zero attached hydrogens (tertiary/aromatic N) is 1. The minimum Gasteiger partial charge on any atom is -0.293 e. The SMILES string of the molecule is CCC1CCCN1CC(=O)c1ccc(F)c(F)c1. The summed E-state index contributed by atoms with van der Waals surface area (Å²) in [7, 11) is 0. The number of carbonyl (C=O) groups is 1. The summed E-state index contributed by atoms with van der Waals surface area (Å²) in [4.78, 5) is 14.1. The average Bonchev–Trinajstić information content (AvgIpc) is 2.79. The third-order valence-corrected chi connectivity index (χ3v) is 3.56. The van der Waals surface area contributed by atoms with E-state index in [4.69, 9.17) is 0 Å². The Kier molecular flexibility index (Phi) is 4.07. The summed E-state index contributed by atoms with van der Waals surface area (Å²) in [6, 6.07) is 3.77. The Morgan fingerprint density at radius 3 is 2.83 bits per heavy atom. The van der Waals surface area contributed by atoms with Crippen LogP contribution in [0.15, 0.2) is 18.2 Å². The largest absolute Gasteiger partial charge is 0.293 e. The molecule has 2 nitrogen and oxygen atoms in total. The number of benzene rings is 1. The van der Waals surface area contributed by atoms with Gasteiger partial charge >= 0.3 is 0 Å². The summed E-state index contributed by atoms with van der Waals surface area (Å²) in [6.07, 6.45) is 3.23. The number of Topliss-reactive ketones (excluding diaryl/α,β-unsaturated/α-hetero) is 1. The van der Waals surface area contributed by atoms with Crippen molar-refractivity contribution in [1.82, 2.24) is 4.90 Å². The van der Waals surface area contributed by atoms with Crippen LogP contribution in [0.25, 0.3) is 0 Å². The monoisotopic (exact) mass is 253 g/mol. The molecule has 1 fully saturated rings. The van der Waals surface area contributed by atoms with E-state index in [-0.39, 0.29) is 11.3 Å². The molecule has 0 amide bonds. The first-order valence-electron chi connectivity index (χ1n) is 6.34. The molecule has 0 aromatic heterocycles. The minimum absolute atomic E-state index is 0.144. The molecule has 1 atom stereocenters. The molecule has 98 valence electrons. The van der Waals surface area contributed by atoms with Crippen LogP contribution in [0.4, 0.5) is 8.78 Å². The molecule has 1 heterocycles. The fourth-order valence-corrected chi connectivity index (χ4v) is 2.51. The van der Waals surface area contributed by atoms with E-state index in [1.165, 1.54) is 6.07 Å². The molecule has 0 radical (unpaired) electrons. The number of halogens is 2. The first-order valence-corrected chi connectivity index (χ1v) is 6.34. The summed E-state index contributed by atoms with van der Waals surface area (Å²) < 4.78 is 25.8. The molecule has 1 unspecified atom stereocenters. The van der Waals surface area contributed by atoms with E-state index in [9.17, 15) is 13.6 Å². The first-order chi connectivity index (χ1) is 8.61. The van der Waals surface area contributed by atoms with Crippen LogP contribution < -0.4 is 0 Å². The van der Waals surface area contributed by atoms with Gasteiger partial charge in [0.2, 0.25) is 0 Å². The van der Waals surface area contributed by atoms with Gasteiger partial charge in [0.1, 0.15) is 0 Å². The van der Waals surface area contributed by atoms with Gasteiger partial charge in [0.25, 0.3) is 0 Å². The number of carbonyl (C=O) groups excluding carboxylic acids is 1. The smallest absolute Gasteiger partial charge is 0.176 e.